The number of aliphatic hydroxyl groups is 1. The Morgan fingerprint density at radius 2 is 1.63 bits per heavy atom. The van der Waals surface area contributed by atoms with Gasteiger partial charge in [-0.05, 0) is 31.0 Å². The number of sulfonamides is 1. The molecule has 0 radical (unpaired) electrons. The van der Waals surface area contributed by atoms with Crippen LogP contribution in [0.4, 0.5) is 13.2 Å². The molecular weight excluding hydrogens is 419 g/mol. The lowest BCUT2D eigenvalue weighted by molar-refractivity contribution is -0.139. The molecule has 1 atom stereocenters. The van der Waals surface area contributed by atoms with E-state index in [1.54, 1.807) is 44.2 Å². The lowest BCUT2D eigenvalue weighted by atomic mass is 10.0. The van der Waals surface area contributed by atoms with Crippen LogP contribution in [0.25, 0.3) is 0 Å². The third kappa shape index (κ3) is 7.09. The van der Waals surface area contributed by atoms with Gasteiger partial charge in [0, 0.05) is 13.1 Å². The highest BCUT2D eigenvalue weighted by Crippen LogP contribution is 2.35. The zero-order valence-electron chi connectivity index (χ0n) is 16.8. The second-order valence-corrected chi connectivity index (χ2v) is 9.20. The lowest BCUT2D eigenvalue weighted by Gasteiger charge is -2.26. The van der Waals surface area contributed by atoms with E-state index in [1.165, 1.54) is 12.1 Å². The van der Waals surface area contributed by atoms with Gasteiger partial charge in [-0.2, -0.15) is 17.5 Å². The topological polar surface area (TPSA) is 66.8 Å². The maximum Gasteiger partial charge on any atom is 0.416 e. The van der Waals surface area contributed by atoms with Gasteiger partial charge in [-0.15, -0.1) is 0 Å². The van der Waals surface area contributed by atoms with Crippen molar-refractivity contribution in [1.82, 2.24) is 4.31 Å². The summed E-state index contributed by atoms with van der Waals surface area (Å²) >= 11 is 0. The fourth-order valence-corrected chi connectivity index (χ4v) is 4.20. The van der Waals surface area contributed by atoms with E-state index in [9.17, 15) is 26.7 Å². The van der Waals surface area contributed by atoms with E-state index in [0.717, 1.165) is 16.4 Å². The Labute approximate surface area is 175 Å². The molecule has 0 aliphatic carbocycles. The number of hydrogen-bond donors (Lipinski definition) is 1. The number of nitrogens with zero attached hydrogens (tertiary/aromatic N) is 1. The van der Waals surface area contributed by atoms with Crippen LogP contribution in [0, 0.1) is 0 Å². The maximum atomic E-state index is 13.3. The molecule has 0 bridgehead atoms. The smallest absolute Gasteiger partial charge is 0.387 e. The normalized spacial score (nSPS) is 13.7. The Balaban J connectivity index is 2.29. The van der Waals surface area contributed by atoms with Crippen LogP contribution in [0.1, 0.15) is 36.6 Å². The summed E-state index contributed by atoms with van der Waals surface area (Å²) in [4.78, 5) is 0. The summed E-state index contributed by atoms with van der Waals surface area (Å²) in [6, 6.07) is 13.3. The van der Waals surface area contributed by atoms with Crippen molar-refractivity contribution in [3.8, 4) is 0 Å². The van der Waals surface area contributed by atoms with Crippen molar-refractivity contribution < 1.29 is 31.4 Å². The highest BCUT2D eigenvalue weighted by molar-refractivity contribution is 7.89. The Morgan fingerprint density at radius 1 is 1.03 bits per heavy atom. The number of halogens is 3. The highest BCUT2D eigenvalue weighted by Gasteiger charge is 2.36. The average Bonchev–Trinajstić information content (AvgIpc) is 2.67. The zero-order valence-corrected chi connectivity index (χ0v) is 17.7. The Bertz CT molecular complexity index is 902. The number of aliphatic hydroxyl groups excluding tert-OH is 1. The maximum absolute atomic E-state index is 13.3. The third-order valence-electron chi connectivity index (χ3n) is 4.39. The van der Waals surface area contributed by atoms with E-state index < -0.39 is 34.4 Å². The molecular formula is C21H26F3NO4S. The first-order valence-electron chi connectivity index (χ1n) is 9.48. The van der Waals surface area contributed by atoms with Crippen molar-refractivity contribution in [2.24, 2.45) is 0 Å². The summed E-state index contributed by atoms with van der Waals surface area (Å²) in [5, 5.41) is 10.6. The average molecular weight is 446 g/mol. The molecule has 0 amide bonds. The molecule has 2 aromatic rings. The van der Waals surface area contributed by atoms with E-state index in [1.807, 2.05) is 0 Å². The van der Waals surface area contributed by atoms with Crippen LogP contribution < -0.4 is 0 Å². The van der Waals surface area contributed by atoms with Gasteiger partial charge in [0.2, 0.25) is 10.0 Å². The fourth-order valence-electron chi connectivity index (χ4n) is 2.92. The predicted molar refractivity (Wildman–Crippen MR) is 108 cm³/mol. The van der Waals surface area contributed by atoms with E-state index in [0.29, 0.717) is 5.56 Å². The van der Waals surface area contributed by atoms with Crippen LogP contribution in [0.2, 0.25) is 0 Å². The van der Waals surface area contributed by atoms with E-state index in [4.69, 9.17) is 4.74 Å². The summed E-state index contributed by atoms with van der Waals surface area (Å²) in [6.45, 7) is 2.90. The largest absolute Gasteiger partial charge is 0.416 e. The summed E-state index contributed by atoms with van der Waals surface area (Å²) in [7, 11) is -3.90. The SMILES string of the molecule is CC(C)OCCS(=O)(=O)N(Cc1ccccc1)C[C@H](O)c1ccccc1C(F)(F)F. The second-order valence-electron chi connectivity index (χ2n) is 7.11. The number of ether oxygens (including phenoxy) is 1. The molecule has 0 aliphatic rings. The first kappa shape index (κ1) is 24.3. The number of alkyl halides is 3. The van der Waals surface area contributed by atoms with Crippen LogP contribution in [0.3, 0.4) is 0 Å². The van der Waals surface area contributed by atoms with Crippen LogP contribution >= 0.6 is 0 Å². The number of hydrogen-bond acceptors (Lipinski definition) is 4. The first-order chi connectivity index (χ1) is 14.0. The van der Waals surface area contributed by atoms with Gasteiger partial charge < -0.3 is 9.84 Å². The minimum atomic E-state index is -4.66. The molecule has 0 aromatic heterocycles. The molecule has 0 spiro atoms. The van der Waals surface area contributed by atoms with Gasteiger partial charge in [0.05, 0.1) is 30.1 Å². The van der Waals surface area contributed by atoms with Gasteiger partial charge in [0.25, 0.3) is 0 Å². The van der Waals surface area contributed by atoms with Crippen LogP contribution in [0.5, 0.6) is 0 Å². The van der Waals surface area contributed by atoms with E-state index in [-0.39, 0.29) is 30.6 Å². The van der Waals surface area contributed by atoms with Gasteiger partial charge in [-0.25, -0.2) is 8.42 Å². The molecule has 5 nitrogen and oxygen atoms in total. The monoisotopic (exact) mass is 445 g/mol. The molecule has 0 heterocycles. The predicted octanol–water partition coefficient (Wildman–Crippen LogP) is 4.00. The highest BCUT2D eigenvalue weighted by atomic mass is 32.2. The molecule has 0 fully saturated rings. The molecule has 1 N–H and O–H groups in total. The third-order valence-corrected chi connectivity index (χ3v) is 6.14. The fraction of sp³-hybridized carbons (Fsp3) is 0.429. The zero-order chi connectivity index (χ0) is 22.4. The second kappa shape index (κ2) is 10.4. The summed E-state index contributed by atoms with van der Waals surface area (Å²) in [5.74, 6) is -0.342. The summed E-state index contributed by atoms with van der Waals surface area (Å²) in [5.41, 5.74) is -0.698. The van der Waals surface area contributed by atoms with Crippen molar-refractivity contribution in [2.75, 3.05) is 18.9 Å². The van der Waals surface area contributed by atoms with Gasteiger partial charge >= 0.3 is 6.18 Å². The van der Waals surface area contributed by atoms with Crippen molar-refractivity contribution >= 4 is 10.0 Å². The number of benzene rings is 2. The van der Waals surface area contributed by atoms with E-state index in [2.05, 4.69) is 0 Å². The molecule has 166 valence electrons. The van der Waals surface area contributed by atoms with Gasteiger partial charge in [-0.1, -0.05) is 48.5 Å². The molecule has 2 rings (SSSR count). The van der Waals surface area contributed by atoms with Gasteiger partial charge in [0.15, 0.2) is 0 Å². The standard InChI is InChI=1S/C21H26F3NO4S/c1-16(2)29-12-13-30(27,28)25(14-17-8-4-3-5-9-17)15-20(26)18-10-6-7-11-19(18)21(22,23)24/h3-11,16,20,26H,12-15H2,1-2H3/t20-/m0/s1. The molecule has 2 aromatic carbocycles. The van der Waals surface area contributed by atoms with Crippen molar-refractivity contribution in [3.05, 3.63) is 71.3 Å². The Kier molecular flexibility index (Phi) is 8.42. The van der Waals surface area contributed by atoms with Crippen molar-refractivity contribution in [2.45, 2.75) is 38.8 Å². The van der Waals surface area contributed by atoms with Crippen LogP contribution in [0.15, 0.2) is 54.6 Å². The lowest BCUT2D eigenvalue weighted by Crippen LogP contribution is -2.37. The minimum Gasteiger partial charge on any atom is -0.387 e. The quantitative estimate of drug-likeness (QED) is 0.601. The molecule has 30 heavy (non-hydrogen) atoms. The minimum absolute atomic E-state index is 0.0550. The van der Waals surface area contributed by atoms with Gasteiger partial charge in [0.1, 0.15) is 0 Å². The molecule has 0 unspecified atom stereocenters. The molecule has 9 heteroatoms. The first-order valence-corrected chi connectivity index (χ1v) is 11.1. The van der Waals surface area contributed by atoms with E-state index >= 15 is 0 Å². The summed E-state index contributed by atoms with van der Waals surface area (Å²) in [6.07, 6.45) is -6.47. The van der Waals surface area contributed by atoms with Crippen LogP contribution in [-0.2, 0) is 27.5 Å². The molecule has 0 saturated carbocycles. The molecule has 0 aliphatic heterocycles. The Morgan fingerprint density at radius 3 is 2.23 bits per heavy atom. The van der Waals surface area contributed by atoms with Gasteiger partial charge in [-0.3, -0.25) is 0 Å². The van der Waals surface area contributed by atoms with Crippen LogP contribution in [-0.4, -0.2) is 42.8 Å². The Hall–Kier alpha value is -1.94. The van der Waals surface area contributed by atoms with Crippen molar-refractivity contribution in [1.29, 1.82) is 0 Å². The molecule has 0 saturated heterocycles. The van der Waals surface area contributed by atoms with Crippen molar-refractivity contribution in [3.63, 3.8) is 0 Å². The number of rotatable bonds is 10. The summed E-state index contributed by atoms with van der Waals surface area (Å²) < 4.78 is 72.0.